The second-order valence-corrected chi connectivity index (χ2v) is 4.38. The molecular weight excluding hydrogens is 268 g/mol. The van der Waals surface area contributed by atoms with Gasteiger partial charge >= 0.3 is 11.7 Å². The number of carbonyl (C=O) groups excluding carboxylic acids is 1. The molecule has 0 radical (unpaired) electrons. The summed E-state index contributed by atoms with van der Waals surface area (Å²) in [4.78, 5) is 33.7. The first-order valence-electron chi connectivity index (χ1n) is 5.74. The van der Waals surface area contributed by atoms with Crippen molar-refractivity contribution in [3.05, 3.63) is 33.9 Å². The van der Waals surface area contributed by atoms with Crippen LogP contribution in [0.1, 0.15) is 24.2 Å². The Bertz CT molecular complexity index is 555. The highest BCUT2D eigenvalue weighted by atomic mass is 16.6. The van der Waals surface area contributed by atoms with Crippen LogP contribution in [0.25, 0.3) is 0 Å². The van der Waals surface area contributed by atoms with Crippen LogP contribution in [-0.4, -0.2) is 44.5 Å². The molecule has 0 saturated heterocycles. The topological polar surface area (TPSA) is 121 Å². The number of rotatable bonds is 5. The van der Waals surface area contributed by atoms with E-state index < -0.39 is 34.8 Å². The summed E-state index contributed by atoms with van der Waals surface area (Å²) in [5.74, 6) is -2.43. The highest BCUT2D eigenvalue weighted by Crippen LogP contribution is 2.27. The van der Waals surface area contributed by atoms with Crippen molar-refractivity contribution in [1.82, 2.24) is 4.90 Å². The van der Waals surface area contributed by atoms with Crippen LogP contribution in [0.3, 0.4) is 0 Å². The number of aromatic hydroxyl groups is 1. The van der Waals surface area contributed by atoms with Crippen molar-refractivity contribution in [1.29, 1.82) is 0 Å². The molecule has 1 aromatic carbocycles. The highest BCUT2D eigenvalue weighted by Gasteiger charge is 2.23. The van der Waals surface area contributed by atoms with Gasteiger partial charge in [-0.25, -0.2) is 0 Å². The van der Waals surface area contributed by atoms with Gasteiger partial charge in [-0.15, -0.1) is 0 Å². The van der Waals surface area contributed by atoms with Gasteiger partial charge in [0.1, 0.15) is 6.54 Å². The molecule has 0 fully saturated rings. The molecule has 1 aromatic rings. The Morgan fingerprint density at radius 2 is 2.00 bits per heavy atom. The number of aliphatic carboxylic acids is 1. The van der Waals surface area contributed by atoms with Crippen molar-refractivity contribution in [3.8, 4) is 5.75 Å². The molecule has 8 heteroatoms. The van der Waals surface area contributed by atoms with Gasteiger partial charge in [0.05, 0.1) is 4.92 Å². The van der Waals surface area contributed by atoms with E-state index in [0.717, 1.165) is 17.0 Å². The summed E-state index contributed by atoms with van der Waals surface area (Å²) < 4.78 is 0. The van der Waals surface area contributed by atoms with Gasteiger partial charge in [-0.3, -0.25) is 19.7 Å². The Kier molecular flexibility index (Phi) is 4.63. The molecule has 0 unspecified atom stereocenters. The maximum Gasteiger partial charge on any atom is 0.323 e. The van der Waals surface area contributed by atoms with Crippen LogP contribution in [0.4, 0.5) is 5.69 Å². The summed E-state index contributed by atoms with van der Waals surface area (Å²) in [6.07, 6.45) is 0. The van der Waals surface area contributed by atoms with Crippen LogP contribution in [0.5, 0.6) is 5.75 Å². The monoisotopic (exact) mass is 282 g/mol. The van der Waals surface area contributed by atoms with E-state index in [1.54, 1.807) is 13.8 Å². The van der Waals surface area contributed by atoms with Gasteiger partial charge in [-0.05, 0) is 26.0 Å². The molecule has 0 heterocycles. The smallest absolute Gasteiger partial charge is 0.323 e. The van der Waals surface area contributed by atoms with Gasteiger partial charge in [0.25, 0.3) is 5.91 Å². The predicted molar refractivity (Wildman–Crippen MR) is 68.6 cm³/mol. The van der Waals surface area contributed by atoms with Crippen LogP contribution in [0.2, 0.25) is 0 Å². The fourth-order valence-electron chi connectivity index (χ4n) is 1.61. The Hall–Kier alpha value is -2.64. The molecule has 1 amide bonds. The number of carbonyl (C=O) groups is 2. The van der Waals surface area contributed by atoms with Crippen LogP contribution >= 0.6 is 0 Å². The van der Waals surface area contributed by atoms with E-state index in [-0.39, 0.29) is 11.6 Å². The molecule has 0 aromatic heterocycles. The Morgan fingerprint density at radius 3 is 2.40 bits per heavy atom. The minimum Gasteiger partial charge on any atom is -0.502 e. The predicted octanol–water partition coefficient (Wildman–Crippen LogP) is 1.24. The van der Waals surface area contributed by atoms with Gasteiger partial charge in [0, 0.05) is 17.7 Å². The number of nitro benzene ring substituents is 1. The molecule has 0 saturated carbocycles. The molecule has 0 aliphatic carbocycles. The van der Waals surface area contributed by atoms with Crippen LogP contribution < -0.4 is 0 Å². The summed E-state index contributed by atoms with van der Waals surface area (Å²) >= 11 is 0. The second-order valence-electron chi connectivity index (χ2n) is 4.38. The van der Waals surface area contributed by atoms with E-state index >= 15 is 0 Å². The first-order chi connectivity index (χ1) is 9.23. The number of phenols is 1. The zero-order chi connectivity index (χ0) is 15.4. The Morgan fingerprint density at radius 1 is 1.40 bits per heavy atom. The van der Waals surface area contributed by atoms with E-state index in [9.17, 15) is 24.8 Å². The lowest BCUT2D eigenvalue weighted by Crippen LogP contribution is -2.40. The van der Waals surface area contributed by atoms with Crippen molar-refractivity contribution in [2.75, 3.05) is 6.54 Å². The van der Waals surface area contributed by atoms with Crippen molar-refractivity contribution in [2.24, 2.45) is 0 Å². The summed E-state index contributed by atoms with van der Waals surface area (Å²) in [5, 5.41) is 28.8. The normalized spacial score (nSPS) is 10.3. The zero-order valence-electron chi connectivity index (χ0n) is 10.9. The van der Waals surface area contributed by atoms with Crippen molar-refractivity contribution < 1.29 is 24.7 Å². The average molecular weight is 282 g/mol. The number of nitrogens with zero attached hydrogens (tertiary/aromatic N) is 2. The van der Waals surface area contributed by atoms with Crippen molar-refractivity contribution in [3.63, 3.8) is 0 Å². The van der Waals surface area contributed by atoms with E-state index in [2.05, 4.69) is 0 Å². The van der Waals surface area contributed by atoms with Crippen molar-refractivity contribution in [2.45, 2.75) is 19.9 Å². The average Bonchev–Trinajstić information content (AvgIpc) is 2.34. The zero-order valence-corrected chi connectivity index (χ0v) is 10.9. The highest BCUT2D eigenvalue weighted by molar-refractivity contribution is 5.96. The number of hydrogen-bond acceptors (Lipinski definition) is 5. The third-order valence-electron chi connectivity index (χ3n) is 2.61. The third-order valence-corrected chi connectivity index (χ3v) is 2.61. The minimum absolute atomic E-state index is 0.0111. The van der Waals surface area contributed by atoms with Gasteiger partial charge in [-0.2, -0.15) is 0 Å². The van der Waals surface area contributed by atoms with Gasteiger partial charge < -0.3 is 15.1 Å². The maximum absolute atomic E-state index is 12.1. The first-order valence-corrected chi connectivity index (χ1v) is 5.74. The molecule has 0 bridgehead atoms. The van der Waals surface area contributed by atoms with E-state index in [4.69, 9.17) is 5.11 Å². The fraction of sp³-hybridized carbons (Fsp3) is 0.333. The summed E-state index contributed by atoms with van der Waals surface area (Å²) in [6.45, 7) is 2.80. The molecular formula is C12H14N2O6. The fourth-order valence-corrected chi connectivity index (χ4v) is 1.61. The lowest BCUT2D eigenvalue weighted by Gasteiger charge is -2.24. The van der Waals surface area contributed by atoms with Crippen molar-refractivity contribution >= 4 is 17.6 Å². The van der Waals surface area contributed by atoms with Gasteiger partial charge in [0.15, 0.2) is 5.75 Å². The number of phenolic OH excluding ortho intramolecular Hbond substituents is 1. The lowest BCUT2D eigenvalue weighted by atomic mass is 10.1. The summed E-state index contributed by atoms with van der Waals surface area (Å²) in [5.41, 5.74) is -0.529. The number of benzene rings is 1. The SMILES string of the molecule is CC(C)N(CC(=O)O)C(=O)c1ccc([N+](=O)[O-])c(O)c1. The molecule has 20 heavy (non-hydrogen) atoms. The Balaban J connectivity index is 3.09. The lowest BCUT2D eigenvalue weighted by molar-refractivity contribution is -0.385. The van der Waals surface area contributed by atoms with E-state index in [0.29, 0.717) is 0 Å². The molecule has 108 valence electrons. The van der Waals surface area contributed by atoms with Crippen LogP contribution in [0.15, 0.2) is 18.2 Å². The molecule has 1 rings (SSSR count). The number of hydrogen-bond donors (Lipinski definition) is 2. The maximum atomic E-state index is 12.1. The third kappa shape index (κ3) is 3.44. The van der Waals surface area contributed by atoms with Gasteiger partial charge in [-0.1, -0.05) is 0 Å². The molecule has 2 N–H and O–H groups in total. The molecule has 0 atom stereocenters. The number of carboxylic acids is 1. The number of amides is 1. The largest absolute Gasteiger partial charge is 0.502 e. The van der Waals surface area contributed by atoms with Crippen LogP contribution in [-0.2, 0) is 4.79 Å². The quantitative estimate of drug-likeness (QED) is 0.619. The molecule has 0 aliphatic rings. The minimum atomic E-state index is -1.17. The number of nitro groups is 1. The molecule has 0 aliphatic heterocycles. The van der Waals surface area contributed by atoms with Gasteiger partial charge in [0.2, 0.25) is 0 Å². The summed E-state index contributed by atoms with van der Waals surface area (Å²) in [6, 6.07) is 2.77. The standard InChI is InChI=1S/C12H14N2O6/c1-7(2)13(6-11(16)17)12(18)8-3-4-9(14(19)20)10(15)5-8/h3-5,7,15H,6H2,1-2H3,(H,16,17). The van der Waals surface area contributed by atoms with Crippen LogP contribution in [0, 0.1) is 10.1 Å². The molecule has 8 nitrogen and oxygen atoms in total. The summed E-state index contributed by atoms with van der Waals surface area (Å²) in [7, 11) is 0. The Labute approximate surface area is 114 Å². The second kappa shape index (κ2) is 6.00. The first kappa shape index (κ1) is 15.4. The van der Waals surface area contributed by atoms with E-state index in [1.807, 2.05) is 0 Å². The molecule has 0 spiro atoms. The number of carboxylic acid groups (broad SMARTS) is 1. The van der Waals surface area contributed by atoms with E-state index in [1.165, 1.54) is 6.07 Å².